The van der Waals surface area contributed by atoms with Crippen molar-refractivity contribution in [1.29, 1.82) is 0 Å². The molecular weight excluding hydrogens is 304 g/mol. The van der Waals surface area contributed by atoms with Crippen molar-refractivity contribution in [2.75, 3.05) is 17.6 Å². The zero-order chi connectivity index (χ0) is 17.6. The molecule has 0 fully saturated rings. The van der Waals surface area contributed by atoms with Gasteiger partial charge in [-0.1, -0.05) is 26.2 Å². The third-order valence-corrected chi connectivity index (χ3v) is 3.95. The molecule has 0 saturated heterocycles. The lowest BCUT2D eigenvalue weighted by Crippen LogP contribution is -2.46. The van der Waals surface area contributed by atoms with Crippen LogP contribution in [0, 0.1) is 0 Å². The molecule has 2 aromatic heterocycles. The van der Waals surface area contributed by atoms with Crippen LogP contribution in [-0.4, -0.2) is 32.9 Å². The molecule has 7 heteroatoms. The Morgan fingerprint density at radius 3 is 2.83 bits per heavy atom. The number of anilines is 2. The van der Waals surface area contributed by atoms with Gasteiger partial charge in [0.25, 0.3) is 0 Å². The number of hydrogen-bond acceptors (Lipinski definition) is 6. The van der Waals surface area contributed by atoms with Gasteiger partial charge in [0.2, 0.25) is 11.9 Å². The monoisotopic (exact) mass is 330 g/mol. The molecule has 4 N–H and O–H groups in total. The minimum atomic E-state index is -0.341. The minimum Gasteiger partial charge on any atom is -0.368 e. The first kappa shape index (κ1) is 17.9. The molecule has 130 valence electrons. The Morgan fingerprint density at radius 2 is 2.12 bits per heavy atom. The number of nitrogens with two attached hydrogens (primary N) is 1. The number of nitrogens with one attached hydrogen (secondary N) is 2. The summed E-state index contributed by atoms with van der Waals surface area (Å²) in [5.74, 6) is 0.750. The number of fused-ring (bicyclic) bond motifs is 1. The predicted octanol–water partition coefficient (Wildman–Crippen LogP) is 2.49. The van der Waals surface area contributed by atoms with Gasteiger partial charge in [-0.3, -0.25) is 9.78 Å². The first-order chi connectivity index (χ1) is 11.4. The number of aromatic nitrogens is 3. The number of amides is 1. The van der Waals surface area contributed by atoms with Crippen LogP contribution < -0.4 is 16.4 Å². The summed E-state index contributed by atoms with van der Waals surface area (Å²) in [6.45, 7) is 6.27. The molecule has 2 rings (SSSR count). The largest absolute Gasteiger partial charge is 0.368 e. The Kier molecular flexibility index (Phi) is 5.89. The summed E-state index contributed by atoms with van der Waals surface area (Å²) in [6, 6.07) is 3.67. The molecular formula is C17H26N6O. The van der Waals surface area contributed by atoms with Gasteiger partial charge in [0.15, 0.2) is 5.82 Å². The van der Waals surface area contributed by atoms with E-state index in [4.69, 9.17) is 5.73 Å². The molecule has 0 saturated carbocycles. The standard InChI is InChI=1S/C17H26N6O/c1-4-5-6-9-17(3,11-20-12(2)24)23-15-14-13(8-7-10-19-14)21-16(18)22-15/h7-8,10H,4-6,9,11H2,1-3H3,(H,20,24)(H3,18,21,22,23)/t17-/m1/s1. The molecule has 0 aromatic carbocycles. The van der Waals surface area contributed by atoms with Crippen LogP contribution in [-0.2, 0) is 4.79 Å². The van der Waals surface area contributed by atoms with E-state index in [-0.39, 0.29) is 17.4 Å². The van der Waals surface area contributed by atoms with Crippen molar-refractivity contribution in [3.8, 4) is 0 Å². The van der Waals surface area contributed by atoms with Crippen LogP contribution in [0.15, 0.2) is 18.3 Å². The molecule has 0 spiro atoms. The van der Waals surface area contributed by atoms with Crippen LogP contribution in [0.25, 0.3) is 11.0 Å². The predicted molar refractivity (Wildman–Crippen MR) is 96.6 cm³/mol. The average molecular weight is 330 g/mol. The Morgan fingerprint density at radius 1 is 1.33 bits per heavy atom. The van der Waals surface area contributed by atoms with Crippen LogP contribution in [0.3, 0.4) is 0 Å². The van der Waals surface area contributed by atoms with Crippen molar-refractivity contribution in [1.82, 2.24) is 20.3 Å². The highest BCUT2D eigenvalue weighted by Gasteiger charge is 2.26. The summed E-state index contributed by atoms with van der Waals surface area (Å²) >= 11 is 0. The van der Waals surface area contributed by atoms with Crippen LogP contribution >= 0.6 is 0 Å². The van der Waals surface area contributed by atoms with E-state index in [9.17, 15) is 4.79 Å². The first-order valence-electron chi connectivity index (χ1n) is 8.34. The second kappa shape index (κ2) is 7.90. The van der Waals surface area contributed by atoms with Gasteiger partial charge < -0.3 is 16.4 Å². The van der Waals surface area contributed by atoms with E-state index < -0.39 is 0 Å². The molecule has 1 atom stereocenters. The molecule has 0 aliphatic rings. The highest BCUT2D eigenvalue weighted by molar-refractivity contribution is 5.86. The molecule has 0 unspecified atom stereocenters. The number of carbonyl (C=O) groups excluding carboxylic acids is 1. The molecule has 7 nitrogen and oxygen atoms in total. The van der Waals surface area contributed by atoms with Crippen molar-refractivity contribution >= 4 is 28.7 Å². The zero-order valence-corrected chi connectivity index (χ0v) is 14.6. The van der Waals surface area contributed by atoms with Gasteiger partial charge in [-0.05, 0) is 25.5 Å². The smallest absolute Gasteiger partial charge is 0.222 e. The van der Waals surface area contributed by atoms with E-state index in [1.165, 1.54) is 6.92 Å². The fourth-order valence-electron chi connectivity index (χ4n) is 2.64. The third-order valence-electron chi connectivity index (χ3n) is 3.95. The van der Waals surface area contributed by atoms with E-state index in [1.54, 1.807) is 6.20 Å². The number of pyridine rings is 1. The number of unbranched alkanes of at least 4 members (excludes halogenated alkanes) is 2. The first-order valence-corrected chi connectivity index (χ1v) is 8.34. The Bertz CT molecular complexity index is 705. The topological polar surface area (TPSA) is 106 Å². The quantitative estimate of drug-likeness (QED) is 0.642. The number of rotatable bonds is 8. The van der Waals surface area contributed by atoms with Gasteiger partial charge in [0, 0.05) is 19.7 Å². The Labute approximate surface area is 142 Å². The summed E-state index contributed by atoms with van der Waals surface area (Å²) in [5.41, 5.74) is 6.86. The summed E-state index contributed by atoms with van der Waals surface area (Å²) < 4.78 is 0. The van der Waals surface area contributed by atoms with Gasteiger partial charge in [-0.15, -0.1) is 0 Å². The second-order valence-electron chi connectivity index (χ2n) is 6.35. The van der Waals surface area contributed by atoms with E-state index in [0.29, 0.717) is 23.4 Å². The number of carbonyl (C=O) groups is 1. The normalized spacial score (nSPS) is 13.5. The van der Waals surface area contributed by atoms with Crippen LogP contribution in [0.2, 0.25) is 0 Å². The van der Waals surface area contributed by atoms with E-state index in [2.05, 4.69) is 39.4 Å². The van der Waals surface area contributed by atoms with Crippen molar-refractivity contribution in [2.45, 2.75) is 52.0 Å². The maximum absolute atomic E-state index is 11.3. The summed E-state index contributed by atoms with van der Waals surface area (Å²) in [5, 5.41) is 6.34. The molecule has 2 heterocycles. The maximum atomic E-state index is 11.3. The lowest BCUT2D eigenvalue weighted by molar-refractivity contribution is -0.119. The second-order valence-corrected chi connectivity index (χ2v) is 6.35. The van der Waals surface area contributed by atoms with E-state index >= 15 is 0 Å². The lowest BCUT2D eigenvalue weighted by atomic mass is 9.94. The highest BCUT2D eigenvalue weighted by Crippen LogP contribution is 2.25. The fraction of sp³-hybridized carbons (Fsp3) is 0.529. The Hall–Kier alpha value is -2.44. The van der Waals surface area contributed by atoms with Gasteiger partial charge in [-0.2, -0.15) is 4.98 Å². The molecule has 2 aromatic rings. The highest BCUT2D eigenvalue weighted by atomic mass is 16.1. The van der Waals surface area contributed by atoms with Crippen molar-refractivity contribution in [2.24, 2.45) is 0 Å². The summed E-state index contributed by atoms with van der Waals surface area (Å²) in [4.78, 5) is 24.2. The minimum absolute atomic E-state index is 0.0521. The van der Waals surface area contributed by atoms with Crippen LogP contribution in [0.1, 0.15) is 46.5 Å². The number of nitrogens with zero attached hydrogens (tertiary/aromatic N) is 3. The van der Waals surface area contributed by atoms with Crippen molar-refractivity contribution in [3.63, 3.8) is 0 Å². The van der Waals surface area contributed by atoms with Gasteiger partial charge in [0.1, 0.15) is 5.52 Å². The van der Waals surface area contributed by atoms with Crippen molar-refractivity contribution < 1.29 is 4.79 Å². The zero-order valence-electron chi connectivity index (χ0n) is 14.6. The molecule has 24 heavy (non-hydrogen) atoms. The third kappa shape index (κ3) is 4.78. The number of nitrogen functional groups attached to an aromatic ring is 1. The van der Waals surface area contributed by atoms with Gasteiger partial charge >= 0.3 is 0 Å². The number of hydrogen-bond donors (Lipinski definition) is 3. The van der Waals surface area contributed by atoms with Gasteiger partial charge in [-0.25, -0.2) is 4.98 Å². The summed E-state index contributed by atoms with van der Waals surface area (Å²) in [6.07, 6.45) is 5.95. The van der Waals surface area contributed by atoms with Crippen LogP contribution in [0.5, 0.6) is 0 Å². The molecule has 0 aliphatic heterocycles. The molecule has 0 aliphatic carbocycles. The van der Waals surface area contributed by atoms with E-state index in [0.717, 1.165) is 25.7 Å². The van der Waals surface area contributed by atoms with E-state index in [1.807, 2.05) is 12.1 Å². The van der Waals surface area contributed by atoms with Gasteiger partial charge in [0.05, 0.1) is 11.1 Å². The fourth-order valence-corrected chi connectivity index (χ4v) is 2.64. The summed E-state index contributed by atoms with van der Waals surface area (Å²) in [7, 11) is 0. The SMILES string of the molecule is CCCCC[C@](C)(CNC(C)=O)Nc1nc(N)nc2cccnc12. The molecule has 1 amide bonds. The van der Waals surface area contributed by atoms with Crippen LogP contribution in [0.4, 0.5) is 11.8 Å². The molecule has 0 bridgehead atoms. The lowest BCUT2D eigenvalue weighted by Gasteiger charge is -2.32. The van der Waals surface area contributed by atoms with Crippen molar-refractivity contribution in [3.05, 3.63) is 18.3 Å². The Balaban J connectivity index is 2.29. The molecule has 0 radical (unpaired) electrons. The maximum Gasteiger partial charge on any atom is 0.222 e. The average Bonchev–Trinajstić information content (AvgIpc) is 2.53.